The molecule has 0 aliphatic rings. The summed E-state index contributed by atoms with van der Waals surface area (Å²) in [6, 6.07) is 6.88. The number of hydrogen-bond donors (Lipinski definition) is 1. The largest absolute Gasteiger partial charge is 0.463 e. The number of rotatable bonds is 5. The lowest BCUT2D eigenvalue weighted by Crippen LogP contribution is -2.22. The molecule has 1 atom stereocenters. The number of carbonyl (C=O) groups is 1. The van der Waals surface area contributed by atoms with Gasteiger partial charge in [0, 0.05) is 10.6 Å². The molecule has 112 valence electrons. The molecule has 0 saturated heterocycles. The van der Waals surface area contributed by atoms with Crippen LogP contribution < -0.4 is 5.32 Å². The Morgan fingerprint density at radius 2 is 2.19 bits per heavy atom. The fraction of sp³-hybridized carbons (Fsp3) is 0.267. The van der Waals surface area contributed by atoms with Crippen molar-refractivity contribution < 1.29 is 18.3 Å². The predicted octanol–water partition coefficient (Wildman–Crippen LogP) is 3.56. The van der Waals surface area contributed by atoms with Crippen molar-refractivity contribution in [2.24, 2.45) is 0 Å². The van der Waals surface area contributed by atoms with Gasteiger partial charge >= 0.3 is 5.97 Å². The highest BCUT2D eigenvalue weighted by Gasteiger charge is 2.22. The number of hydrogen-bond acceptors (Lipinski definition) is 4. The van der Waals surface area contributed by atoms with Crippen LogP contribution in [-0.4, -0.2) is 19.6 Å². The normalized spacial score (nSPS) is 12.2. The summed E-state index contributed by atoms with van der Waals surface area (Å²) in [6.45, 7) is 2.48. The molecule has 1 aromatic carbocycles. The molecule has 0 saturated carbocycles. The van der Waals surface area contributed by atoms with E-state index in [1.54, 1.807) is 6.07 Å². The van der Waals surface area contributed by atoms with Gasteiger partial charge in [0.2, 0.25) is 5.76 Å². The zero-order chi connectivity index (χ0) is 15.4. The minimum atomic E-state index is -0.580. The fourth-order valence-electron chi connectivity index (χ4n) is 2.02. The quantitative estimate of drug-likeness (QED) is 0.858. The van der Waals surface area contributed by atoms with Crippen LogP contribution in [0.2, 0.25) is 5.02 Å². The third-order valence-corrected chi connectivity index (χ3v) is 3.21. The van der Waals surface area contributed by atoms with Gasteiger partial charge in [-0.15, -0.1) is 0 Å². The van der Waals surface area contributed by atoms with E-state index < -0.39 is 17.8 Å². The lowest BCUT2D eigenvalue weighted by Gasteiger charge is -2.17. The molecule has 1 heterocycles. The van der Waals surface area contributed by atoms with Crippen LogP contribution in [0.5, 0.6) is 0 Å². The standard InChI is InChI=1S/C15H15ClFNO3/c1-3-18-14(10-8-9(16)4-5-11(10)17)12-6-7-13(21-12)15(19)20-2/h4-8,14,18H,3H2,1-2H3. The van der Waals surface area contributed by atoms with Gasteiger partial charge in [-0.3, -0.25) is 0 Å². The number of halogens is 2. The number of carbonyl (C=O) groups excluding carboxylic acids is 1. The molecule has 0 bridgehead atoms. The number of ether oxygens (including phenoxy) is 1. The van der Waals surface area contributed by atoms with Crippen molar-refractivity contribution in [3.8, 4) is 0 Å². The summed E-state index contributed by atoms with van der Waals surface area (Å²) in [5.74, 6) is -0.499. The van der Waals surface area contributed by atoms with Gasteiger partial charge in [0.1, 0.15) is 11.6 Å². The maximum Gasteiger partial charge on any atom is 0.373 e. The summed E-state index contributed by atoms with van der Waals surface area (Å²) in [6.07, 6.45) is 0. The number of esters is 1. The summed E-state index contributed by atoms with van der Waals surface area (Å²) in [5, 5.41) is 3.53. The molecule has 0 aliphatic heterocycles. The minimum absolute atomic E-state index is 0.0674. The lowest BCUT2D eigenvalue weighted by atomic mass is 10.0. The Balaban J connectivity index is 2.41. The molecule has 1 N–H and O–H groups in total. The zero-order valence-electron chi connectivity index (χ0n) is 11.7. The lowest BCUT2D eigenvalue weighted by molar-refractivity contribution is 0.0562. The summed E-state index contributed by atoms with van der Waals surface area (Å²) in [7, 11) is 1.27. The topological polar surface area (TPSA) is 51.5 Å². The molecule has 6 heteroatoms. The number of furan rings is 1. The molecule has 2 rings (SSSR count). The second kappa shape index (κ2) is 6.74. The van der Waals surface area contributed by atoms with E-state index in [9.17, 15) is 9.18 Å². The summed E-state index contributed by atoms with van der Waals surface area (Å²) >= 11 is 5.93. The number of benzene rings is 1. The monoisotopic (exact) mass is 311 g/mol. The van der Waals surface area contributed by atoms with Crippen molar-refractivity contribution >= 4 is 17.6 Å². The molecule has 0 spiro atoms. The van der Waals surface area contributed by atoms with Gasteiger partial charge in [0.15, 0.2) is 0 Å². The second-order valence-corrected chi connectivity index (χ2v) is 4.79. The van der Waals surface area contributed by atoms with Crippen LogP contribution >= 0.6 is 11.6 Å². The Morgan fingerprint density at radius 3 is 2.86 bits per heavy atom. The van der Waals surface area contributed by atoms with Crippen LogP contribution in [0, 0.1) is 5.82 Å². The molecule has 1 aromatic heterocycles. The molecule has 0 aliphatic carbocycles. The van der Waals surface area contributed by atoms with E-state index in [4.69, 9.17) is 16.0 Å². The Hall–Kier alpha value is -1.85. The van der Waals surface area contributed by atoms with Crippen molar-refractivity contribution in [1.29, 1.82) is 0 Å². The van der Waals surface area contributed by atoms with Crippen LogP contribution in [0.4, 0.5) is 4.39 Å². The first-order valence-electron chi connectivity index (χ1n) is 6.43. The van der Waals surface area contributed by atoms with E-state index >= 15 is 0 Å². The molecule has 4 nitrogen and oxygen atoms in total. The second-order valence-electron chi connectivity index (χ2n) is 4.35. The molecule has 0 amide bonds. The van der Waals surface area contributed by atoms with Gasteiger partial charge in [-0.1, -0.05) is 18.5 Å². The van der Waals surface area contributed by atoms with Crippen LogP contribution in [0.15, 0.2) is 34.7 Å². The fourth-order valence-corrected chi connectivity index (χ4v) is 2.20. The number of methoxy groups -OCH3 is 1. The SMILES string of the molecule is CCNC(c1ccc(C(=O)OC)o1)c1cc(Cl)ccc1F. The first-order chi connectivity index (χ1) is 10.1. The Kier molecular flexibility index (Phi) is 4.98. The predicted molar refractivity (Wildman–Crippen MR) is 77.0 cm³/mol. The van der Waals surface area contributed by atoms with Gasteiger partial charge in [-0.2, -0.15) is 0 Å². The highest BCUT2D eigenvalue weighted by atomic mass is 35.5. The first-order valence-corrected chi connectivity index (χ1v) is 6.81. The zero-order valence-corrected chi connectivity index (χ0v) is 12.4. The Morgan fingerprint density at radius 1 is 1.43 bits per heavy atom. The van der Waals surface area contributed by atoms with Crippen LogP contribution in [0.1, 0.15) is 34.8 Å². The van der Waals surface area contributed by atoms with E-state index in [1.165, 1.54) is 31.4 Å². The van der Waals surface area contributed by atoms with Crippen LogP contribution in [0.25, 0.3) is 0 Å². The first kappa shape index (κ1) is 15.5. The van der Waals surface area contributed by atoms with Crippen molar-refractivity contribution in [3.63, 3.8) is 0 Å². The van der Waals surface area contributed by atoms with Crippen LogP contribution in [-0.2, 0) is 4.74 Å². The maximum absolute atomic E-state index is 14.0. The van der Waals surface area contributed by atoms with Gasteiger partial charge in [-0.25, -0.2) is 9.18 Å². The van der Waals surface area contributed by atoms with Gasteiger partial charge in [0.25, 0.3) is 0 Å². The molecular weight excluding hydrogens is 297 g/mol. The molecule has 21 heavy (non-hydrogen) atoms. The van der Waals surface area contributed by atoms with Crippen molar-refractivity contribution in [2.45, 2.75) is 13.0 Å². The summed E-state index contributed by atoms with van der Waals surface area (Å²) in [4.78, 5) is 11.4. The average Bonchev–Trinajstić information content (AvgIpc) is 2.96. The van der Waals surface area contributed by atoms with Crippen molar-refractivity contribution in [1.82, 2.24) is 5.32 Å². The smallest absolute Gasteiger partial charge is 0.373 e. The van der Waals surface area contributed by atoms with E-state index in [-0.39, 0.29) is 5.76 Å². The highest BCUT2D eigenvalue weighted by Crippen LogP contribution is 2.28. The minimum Gasteiger partial charge on any atom is -0.463 e. The summed E-state index contributed by atoms with van der Waals surface area (Å²) in [5.41, 5.74) is 0.357. The van der Waals surface area contributed by atoms with Gasteiger partial charge in [0.05, 0.1) is 13.2 Å². The Labute approximate surface area is 126 Å². The van der Waals surface area contributed by atoms with E-state index in [1.807, 2.05) is 6.92 Å². The Bertz CT molecular complexity index is 642. The van der Waals surface area contributed by atoms with E-state index in [0.29, 0.717) is 22.9 Å². The van der Waals surface area contributed by atoms with Crippen LogP contribution in [0.3, 0.4) is 0 Å². The third kappa shape index (κ3) is 3.43. The molecule has 0 fully saturated rings. The molecule has 2 aromatic rings. The third-order valence-electron chi connectivity index (χ3n) is 2.98. The van der Waals surface area contributed by atoms with E-state index in [0.717, 1.165) is 0 Å². The van der Waals surface area contributed by atoms with E-state index in [2.05, 4.69) is 10.1 Å². The molecule has 0 radical (unpaired) electrons. The average molecular weight is 312 g/mol. The highest BCUT2D eigenvalue weighted by molar-refractivity contribution is 6.30. The molecule has 1 unspecified atom stereocenters. The number of nitrogens with one attached hydrogen (secondary N) is 1. The van der Waals surface area contributed by atoms with Gasteiger partial charge < -0.3 is 14.5 Å². The summed E-state index contributed by atoms with van der Waals surface area (Å²) < 4.78 is 24.1. The van der Waals surface area contributed by atoms with Gasteiger partial charge in [-0.05, 0) is 36.9 Å². The van der Waals surface area contributed by atoms with Crippen molar-refractivity contribution in [2.75, 3.05) is 13.7 Å². The van der Waals surface area contributed by atoms with Crippen molar-refractivity contribution in [3.05, 3.63) is 58.3 Å². The maximum atomic E-state index is 14.0. The molecular formula is C15H15ClFNO3.